The topological polar surface area (TPSA) is 34.9 Å². The monoisotopic (exact) mass is 272 g/mol. The predicted molar refractivity (Wildman–Crippen MR) is 72.0 cm³/mol. The molecule has 0 fully saturated rings. The summed E-state index contributed by atoms with van der Waals surface area (Å²) < 4.78 is 28.4. The first-order valence-electron chi connectivity index (χ1n) is 6.01. The third-order valence-electron chi connectivity index (χ3n) is 3.09. The number of aryl methyl sites for hydroxylation is 1. The average molecular weight is 272 g/mol. The quantitative estimate of drug-likeness (QED) is 0.682. The van der Waals surface area contributed by atoms with E-state index in [4.69, 9.17) is 0 Å². The van der Waals surface area contributed by atoms with E-state index in [0.29, 0.717) is 16.6 Å². The molecular weight excluding hydrogens is 262 g/mol. The van der Waals surface area contributed by atoms with E-state index in [1.807, 2.05) is 0 Å². The SMILES string of the molecule is Cc1cc2cccnc2n(-c2cc(F)ccc2F)c1=O. The third kappa shape index (κ3) is 1.87. The van der Waals surface area contributed by atoms with E-state index < -0.39 is 17.2 Å². The molecule has 0 aliphatic heterocycles. The molecule has 0 amide bonds. The predicted octanol–water partition coefficient (Wildman–Crippen LogP) is 2.97. The first-order valence-corrected chi connectivity index (χ1v) is 6.01. The van der Waals surface area contributed by atoms with E-state index in [-0.39, 0.29) is 5.69 Å². The number of aromatic nitrogens is 2. The summed E-state index contributed by atoms with van der Waals surface area (Å²) in [6.07, 6.45) is 1.50. The van der Waals surface area contributed by atoms with Crippen LogP contribution in [-0.2, 0) is 0 Å². The third-order valence-corrected chi connectivity index (χ3v) is 3.09. The van der Waals surface area contributed by atoms with Gasteiger partial charge in [-0.3, -0.25) is 9.36 Å². The molecule has 0 aliphatic rings. The zero-order chi connectivity index (χ0) is 14.3. The van der Waals surface area contributed by atoms with Crippen LogP contribution in [0.15, 0.2) is 47.4 Å². The van der Waals surface area contributed by atoms with Gasteiger partial charge in [0.2, 0.25) is 0 Å². The fourth-order valence-corrected chi connectivity index (χ4v) is 2.16. The number of nitrogens with zero attached hydrogens (tertiary/aromatic N) is 2. The van der Waals surface area contributed by atoms with E-state index in [2.05, 4.69) is 4.98 Å². The second-order valence-corrected chi connectivity index (χ2v) is 4.48. The Balaban J connectivity index is 2.49. The Labute approximate surface area is 113 Å². The summed E-state index contributed by atoms with van der Waals surface area (Å²) in [6, 6.07) is 8.16. The largest absolute Gasteiger partial charge is 0.269 e. The van der Waals surface area contributed by atoms with Crippen molar-refractivity contribution in [3.05, 3.63) is 70.1 Å². The highest BCUT2D eigenvalue weighted by molar-refractivity contribution is 5.77. The summed E-state index contributed by atoms with van der Waals surface area (Å²) in [5.74, 6) is -1.29. The van der Waals surface area contributed by atoms with E-state index in [9.17, 15) is 13.6 Å². The van der Waals surface area contributed by atoms with Crippen molar-refractivity contribution in [2.75, 3.05) is 0 Å². The van der Waals surface area contributed by atoms with E-state index in [0.717, 1.165) is 22.8 Å². The van der Waals surface area contributed by atoms with Crippen LogP contribution in [0.25, 0.3) is 16.7 Å². The van der Waals surface area contributed by atoms with Gasteiger partial charge < -0.3 is 0 Å². The minimum Gasteiger partial charge on any atom is -0.269 e. The van der Waals surface area contributed by atoms with Crippen molar-refractivity contribution >= 4 is 11.0 Å². The Morgan fingerprint density at radius 1 is 1.15 bits per heavy atom. The zero-order valence-electron chi connectivity index (χ0n) is 10.6. The van der Waals surface area contributed by atoms with Crippen LogP contribution in [0.4, 0.5) is 8.78 Å². The van der Waals surface area contributed by atoms with Gasteiger partial charge in [-0.2, -0.15) is 0 Å². The van der Waals surface area contributed by atoms with Crippen LogP contribution in [0.2, 0.25) is 0 Å². The number of hydrogen-bond donors (Lipinski definition) is 0. The molecular formula is C15H10F2N2O. The molecule has 100 valence electrons. The lowest BCUT2D eigenvalue weighted by atomic mass is 10.2. The van der Waals surface area contributed by atoms with Crippen LogP contribution in [0, 0.1) is 18.6 Å². The molecule has 0 saturated heterocycles. The van der Waals surface area contributed by atoms with E-state index >= 15 is 0 Å². The summed E-state index contributed by atoms with van der Waals surface area (Å²) in [5, 5.41) is 0.688. The summed E-state index contributed by atoms with van der Waals surface area (Å²) in [6.45, 7) is 1.63. The Bertz CT molecular complexity index is 871. The van der Waals surface area contributed by atoms with Crippen molar-refractivity contribution in [1.29, 1.82) is 0 Å². The second-order valence-electron chi connectivity index (χ2n) is 4.48. The highest BCUT2D eigenvalue weighted by atomic mass is 19.1. The summed E-state index contributed by atoms with van der Waals surface area (Å²) >= 11 is 0. The molecule has 1 aromatic carbocycles. The van der Waals surface area contributed by atoms with Gasteiger partial charge in [0.15, 0.2) is 0 Å². The number of halogens is 2. The molecule has 0 N–H and O–H groups in total. The Morgan fingerprint density at radius 3 is 2.75 bits per heavy atom. The highest BCUT2D eigenvalue weighted by Crippen LogP contribution is 2.19. The standard InChI is InChI=1S/C15H10F2N2O/c1-9-7-10-3-2-6-18-14(10)19(15(9)20)13-8-11(16)4-5-12(13)17/h2-8H,1H3. The maximum Gasteiger partial charge on any atom is 0.259 e. The molecule has 0 bridgehead atoms. The lowest BCUT2D eigenvalue weighted by molar-refractivity contribution is 0.592. The van der Waals surface area contributed by atoms with Gasteiger partial charge >= 0.3 is 0 Å². The Morgan fingerprint density at radius 2 is 1.95 bits per heavy atom. The molecule has 3 nitrogen and oxygen atoms in total. The maximum absolute atomic E-state index is 13.9. The number of hydrogen-bond acceptors (Lipinski definition) is 2. The minimum atomic E-state index is -0.675. The van der Waals surface area contributed by atoms with Crippen LogP contribution in [-0.4, -0.2) is 9.55 Å². The first-order chi connectivity index (χ1) is 9.58. The van der Waals surface area contributed by atoms with Gasteiger partial charge in [0.25, 0.3) is 5.56 Å². The van der Waals surface area contributed by atoms with E-state index in [1.54, 1.807) is 25.1 Å². The Kier molecular flexibility index (Phi) is 2.82. The average Bonchev–Trinajstić information content (AvgIpc) is 2.43. The summed E-state index contributed by atoms with van der Waals surface area (Å²) in [7, 11) is 0. The molecule has 5 heteroatoms. The fraction of sp³-hybridized carbons (Fsp3) is 0.0667. The van der Waals surface area contributed by atoms with Gasteiger partial charge in [-0.25, -0.2) is 13.8 Å². The molecule has 0 saturated carbocycles. The van der Waals surface area contributed by atoms with E-state index in [1.165, 1.54) is 6.20 Å². The lowest BCUT2D eigenvalue weighted by Crippen LogP contribution is -2.22. The fourth-order valence-electron chi connectivity index (χ4n) is 2.16. The van der Waals surface area contributed by atoms with Crippen LogP contribution < -0.4 is 5.56 Å². The van der Waals surface area contributed by atoms with Crippen LogP contribution in [0.1, 0.15) is 5.56 Å². The van der Waals surface area contributed by atoms with Gasteiger partial charge in [-0.1, -0.05) is 0 Å². The Hall–Kier alpha value is -2.56. The lowest BCUT2D eigenvalue weighted by Gasteiger charge is -2.11. The van der Waals surface area contributed by atoms with Crippen molar-refractivity contribution in [3.8, 4) is 5.69 Å². The number of rotatable bonds is 1. The maximum atomic E-state index is 13.9. The van der Waals surface area contributed by atoms with Gasteiger partial charge in [-0.15, -0.1) is 0 Å². The number of benzene rings is 1. The van der Waals surface area contributed by atoms with Gasteiger partial charge in [0.1, 0.15) is 17.3 Å². The van der Waals surface area contributed by atoms with Crippen molar-refractivity contribution in [2.24, 2.45) is 0 Å². The first kappa shape index (κ1) is 12.5. The van der Waals surface area contributed by atoms with Crippen LogP contribution in [0.5, 0.6) is 0 Å². The van der Waals surface area contributed by atoms with Gasteiger partial charge in [-0.05, 0) is 37.3 Å². The normalized spacial score (nSPS) is 10.9. The van der Waals surface area contributed by atoms with Crippen LogP contribution in [0.3, 0.4) is 0 Å². The summed E-state index contributed by atoms with van der Waals surface area (Å²) in [5.41, 5.74) is 0.185. The molecule has 0 aliphatic carbocycles. The summed E-state index contributed by atoms with van der Waals surface area (Å²) in [4.78, 5) is 16.4. The van der Waals surface area contributed by atoms with Crippen LogP contribution >= 0.6 is 0 Å². The molecule has 2 heterocycles. The molecule has 2 aromatic heterocycles. The van der Waals surface area contributed by atoms with Crippen molar-refractivity contribution in [3.63, 3.8) is 0 Å². The second kappa shape index (κ2) is 4.52. The van der Waals surface area contributed by atoms with Crippen molar-refractivity contribution in [2.45, 2.75) is 6.92 Å². The molecule has 0 spiro atoms. The molecule has 0 unspecified atom stereocenters. The zero-order valence-corrected chi connectivity index (χ0v) is 10.6. The number of fused-ring (bicyclic) bond motifs is 1. The molecule has 3 rings (SSSR count). The van der Waals surface area contributed by atoms with Crippen molar-refractivity contribution < 1.29 is 8.78 Å². The smallest absolute Gasteiger partial charge is 0.259 e. The molecule has 0 atom stereocenters. The minimum absolute atomic E-state index is 0.137. The number of pyridine rings is 2. The highest BCUT2D eigenvalue weighted by Gasteiger charge is 2.13. The molecule has 0 radical (unpaired) electrons. The molecule has 20 heavy (non-hydrogen) atoms. The molecule has 3 aromatic rings. The van der Waals surface area contributed by atoms with Gasteiger partial charge in [0, 0.05) is 23.2 Å². The van der Waals surface area contributed by atoms with Gasteiger partial charge in [0.05, 0.1) is 5.69 Å². The van der Waals surface area contributed by atoms with Crippen molar-refractivity contribution in [1.82, 2.24) is 9.55 Å².